The highest BCUT2D eigenvalue weighted by molar-refractivity contribution is 7.21. The average molecular weight is 450 g/mol. The molecule has 1 aliphatic rings. The lowest BCUT2D eigenvalue weighted by Gasteiger charge is -2.22. The van der Waals surface area contributed by atoms with Crippen LogP contribution >= 0.6 is 11.3 Å². The van der Waals surface area contributed by atoms with E-state index in [1.807, 2.05) is 13.0 Å². The number of fused-ring (bicyclic) bond motifs is 1. The van der Waals surface area contributed by atoms with Crippen LogP contribution in [0.2, 0.25) is 0 Å². The van der Waals surface area contributed by atoms with Gasteiger partial charge in [0.1, 0.15) is 10.7 Å². The summed E-state index contributed by atoms with van der Waals surface area (Å²) in [6.07, 6.45) is 6.06. The Hall–Kier alpha value is -2.97. The Balaban J connectivity index is 1.57. The van der Waals surface area contributed by atoms with E-state index in [1.165, 1.54) is 36.2 Å². The number of aryl methyl sites for hydroxylation is 1. The van der Waals surface area contributed by atoms with E-state index < -0.39 is 5.97 Å². The molecule has 4 aromatic rings. The number of rotatable bonds is 7. The van der Waals surface area contributed by atoms with Gasteiger partial charge in [-0.25, -0.2) is 9.78 Å². The van der Waals surface area contributed by atoms with E-state index >= 15 is 0 Å². The number of H-pyrrole nitrogens is 2. The summed E-state index contributed by atoms with van der Waals surface area (Å²) in [5.41, 5.74) is 5.36. The lowest BCUT2D eigenvalue weighted by molar-refractivity contribution is 0.0701. The predicted molar refractivity (Wildman–Crippen MR) is 126 cm³/mol. The van der Waals surface area contributed by atoms with Gasteiger partial charge in [-0.2, -0.15) is 5.10 Å². The Labute approximate surface area is 190 Å². The molecule has 3 heterocycles. The van der Waals surface area contributed by atoms with Crippen LogP contribution in [0.15, 0.2) is 30.3 Å². The summed E-state index contributed by atoms with van der Waals surface area (Å²) in [5, 5.41) is 20.3. The fraction of sp³-hybridized carbons (Fsp3) is 0.375. The van der Waals surface area contributed by atoms with Crippen LogP contribution in [0.3, 0.4) is 0 Å². The molecule has 7 nitrogen and oxygen atoms in total. The molecule has 0 radical (unpaired) electrons. The van der Waals surface area contributed by atoms with Crippen molar-refractivity contribution < 1.29 is 9.90 Å². The van der Waals surface area contributed by atoms with Crippen molar-refractivity contribution in [3.63, 3.8) is 0 Å². The fourth-order valence-corrected chi connectivity index (χ4v) is 6.06. The van der Waals surface area contributed by atoms with E-state index in [1.54, 1.807) is 0 Å². The SMILES string of the molecule is Cc1nc(CNCc2c(C(=O)O)sc3c(C4CCCCC4)c(-c4ccccc4)[nH]c23)n[nH]1. The first-order valence-corrected chi connectivity index (χ1v) is 12.0. The number of aromatic nitrogens is 4. The van der Waals surface area contributed by atoms with Gasteiger partial charge in [0.15, 0.2) is 5.82 Å². The number of benzene rings is 1. The Morgan fingerprint density at radius 1 is 1.19 bits per heavy atom. The quantitative estimate of drug-likeness (QED) is 0.304. The Morgan fingerprint density at radius 2 is 1.97 bits per heavy atom. The molecule has 3 aromatic heterocycles. The third kappa shape index (κ3) is 3.96. The van der Waals surface area contributed by atoms with E-state index in [9.17, 15) is 9.90 Å². The van der Waals surface area contributed by atoms with Gasteiger partial charge in [-0.05, 0) is 36.8 Å². The first kappa shape index (κ1) is 20.9. The lowest BCUT2D eigenvalue weighted by Crippen LogP contribution is -2.15. The summed E-state index contributed by atoms with van der Waals surface area (Å²) in [7, 11) is 0. The van der Waals surface area contributed by atoms with E-state index in [-0.39, 0.29) is 0 Å². The van der Waals surface area contributed by atoms with Crippen molar-refractivity contribution in [2.75, 3.05) is 0 Å². The molecular formula is C24H27N5O2S. The molecule has 4 N–H and O–H groups in total. The zero-order chi connectivity index (χ0) is 22.1. The molecule has 0 spiro atoms. The third-order valence-corrected chi connectivity index (χ3v) is 7.52. The van der Waals surface area contributed by atoms with Crippen molar-refractivity contribution >= 4 is 27.5 Å². The molecule has 5 rings (SSSR count). The average Bonchev–Trinajstić information content (AvgIpc) is 3.49. The van der Waals surface area contributed by atoms with Gasteiger partial charge in [0, 0.05) is 12.1 Å². The number of carboxylic acid groups (broad SMARTS) is 1. The molecule has 1 saturated carbocycles. The van der Waals surface area contributed by atoms with Gasteiger partial charge in [0.05, 0.1) is 22.5 Å². The number of hydrogen-bond donors (Lipinski definition) is 4. The minimum absolute atomic E-state index is 0.404. The molecule has 0 saturated heterocycles. The topological polar surface area (TPSA) is 107 Å². The number of nitrogens with zero attached hydrogens (tertiary/aromatic N) is 2. The normalized spacial score (nSPS) is 14.9. The maximum absolute atomic E-state index is 12.1. The van der Waals surface area contributed by atoms with Gasteiger partial charge >= 0.3 is 5.97 Å². The minimum atomic E-state index is -0.874. The molecule has 166 valence electrons. The summed E-state index contributed by atoms with van der Waals surface area (Å²) < 4.78 is 1.10. The van der Waals surface area contributed by atoms with Gasteiger partial charge in [-0.15, -0.1) is 11.3 Å². The van der Waals surface area contributed by atoms with Crippen molar-refractivity contribution in [3.05, 3.63) is 58.0 Å². The van der Waals surface area contributed by atoms with Crippen molar-refractivity contribution in [3.8, 4) is 11.3 Å². The van der Waals surface area contributed by atoms with Gasteiger partial charge in [0.2, 0.25) is 0 Å². The van der Waals surface area contributed by atoms with E-state index in [0.717, 1.165) is 45.7 Å². The molecule has 0 bridgehead atoms. The number of carbonyl (C=O) groups is 1. The Kier molecular flexibility index (Phi) is 5.80. The lowest BCUT2D eigenvalue weighted by atomic mass is 9.83. The number of nitrogens with one attached hydrogen (secondary N) is 3. The summed E-state index contributed by atoms with van der Waals surface area (Å²) >= 11 is 1.41. The first-order valence-electron chi connectivity index (χ1n) is 11.2. The second-order valence-corrected chi connectivity index (χ2v) is 9.49. The van der Waals surface area contributed by atoms with Gasteiger partial charge in [-0.1, -0.05) is 49.6 Å². The van der Waals surface area contributed by atoms with Crippen LogP contribution in [0, 0.1) is 6.92 Å². The number of aromatic amines is 2. The van der Waals surface area contributed by atoms with Crippen LogP contribution < -0.4 is 5.32 Å². The second kappa shape index (κ2) is 8.88. The van der Waals surface area contributed by atoms with Crippen LogP contribution in [0.4, 0.5) is 0 Å². The van der Waals surface area contributed by atoms with Crippen molar-refractivity contribution in [2.45, 2.75) is 58.0 Å². The van der Waals surface area contributed by atoms with Crippen molar-refractivity contribution in [2.24, 2.45) is 0 Å². The van der Waals surface area contributed by atoms with Gasteiger partial charge in [0.25, 0.3) is 0 Å². The molecule has 1 fully saturated rings. The predicted octanol–water partition coefficient (Wildman–Crippen LogP) is 5.36. The van der Waals surface area contributed by atoms with Gasteiger partial charge in [-0.3, -0.25) is 5.10 Å². The van der Waals surface area contributed by atoms with Crippen LogP contribution in [0.1, 0.15) is 70.5 Å². The zero-order valence-electron chi connectivity index (χ0n) is 18.1. The smallest absolute Gasteiger partial charge is 0.346 e. The molecule has 1 aliphatic carbocycles. The van der Waals surface area contributed by atoms with E-state index in [2.05, 4.69) is 49.7 Å². The zero-order valence-corrected chi connectivity index (χ0v) is 18.9. The first-order chi connectivity index (χ1) is 15.6. The summed E-state index contributed by atoms with van der Waals surface area (Å²) in [6, 6.07) is 10.4. The molecule has 0 aliphatic heterocycles. The maximum Gasteiger partial charge on any atom is 0.346 e. The highest BCUT2D eigenvalue weighted by Crippen LogP contribution is 2.46. The highest BCUT2D eigenvalue weighted by atomic mass is 32.1. The number of carboxylic acids is 1. The fourth-order valence-electron chi connectivity index (χ4n) is 4.82. The molecule has 8 heteroatoms. The molecule has 0 atom stereocenters. The molecule has 0 unspecified atom stereocenters. The Morgan fingerprint density at radius 3 is 2.66 bits per heavy atom. The van der Waals surface area contributed by atoms with Crippen LogP contribution in [0.25, 0.3) is 21.5 Å². The van der Waals surface area contributed by atoms with Crippen LogP contribution in [-0.4, -0.2) is 31.2 Å². The highest BCUT2D eigenvalue weighted by Gasteiger charge is 2.28. The Bertz CT molecular complexity index is 1230. The monoisotopic (exact) mass is 449 g/mol. The van der Waals surface area contributed by atoms with Crippen LogP contribution in [0.5, 0.6) is 0 Å². The van der Waals surface area contributed by atoms with E-state index in [0.29, 0.717) is 29.7 Å². The maximum atomic E-state index is 12.1. The number of thiophene rings is 1. The van der Waals surface area contributed by atoms with Crippen molar-refractivity contribution in [1.29, 1.82) is 0 Å². The summed E-state index contributed by atoms with van der Waals surface area (Å²) in [5.74, 6) is 1.02. The van der Waals surface area contributed by atoms with Gasteiger partial charge < -0.3 is 15.4 Å². The summed E-state index contributed by atoms with van der Waals surface area (Å²) in [6.45, 7) is 2.77. The standard InChI is InChI=1S/C24H27N5O2S/c1-14-26-18(29-28-14)13-25-12-17-21-23(32-22(17)24(30)31)19(15-8-4-2-5-9-15)20(27-21)16-10-6-3-7-11-16/h3,6-7,10-11,15,25,27H,2,4-5,8-9,12-13H2,1H3,(H,30,31)(H,26,28,29). The molecule has 0 amide bonds. The van der Waals surface area contributed by atoms with Crippen molar-refractivity contribution in [1.82, 2.24) is 25.5 Å². The third-order valence-electron chi connectivity index (χ3n) is 6.27. The largest absolute Gasteiger partial charge is 0.477 e. The second-order valence-electron chi connectivity index (χ2n) is 8.47. The number of hydrogen-bond acceptors (Lipinski definition) is 5. The summed E-state index contributed by atoms with van der Waals surface area (Å²) in [4.78, 5) is 20.5. The number of aromatic carboxylic acids is 1. The molecule has 32 heavy (non-hydrogen) atoms. The van der Waals surface area contributed by atoms with Crippen LogP contribution in [-0.2, 0) is 13.1 Å². The minimum Gasteiger partial charge on any atom is -0.477 e. The van der Waals surface area contributed by atoms with E-state index in [4.69, 9.17) is 0 Å². The molecular weight excluding hydrogens is 422 g/mol. The molecule has 1 aromatic carbocycles.